The van der Waals surface area contributed by atoms with E-state index >= 15 is 0 Å². The summed E-state index contributed by atoms with van der Waals surface area (Å²) in [7, 11) is 0. The number of thiazole rings is 1. The number of halogens is 2. The molecule has 0 radical (unpaired) electrons. The van der Waals surface area contributed by atoms with Crippen LogP contribution in [0.15, 0.2) is 122 Å². The lowest BCUT2D eigenvalue weighted by atomic mass is 9.93. The van der Waals surface area contributed by atoms with E-state index in [0.717, 1.165) is 23.1 Å². The SMILES string of the molecule is CCOC(=O)C1=C(c2ccccc2)N=c2s/c(=C/c3ccc(Sc4n[nH]c(-c5ccc(Cl)cc5Cl)n4)c([N+](=O)[O-])c3)c(=O)n2[C@@H]1c1ccccc1. The normalized spacial score (nSPS) is 14.3. The summed E-state index contributed by atoms with van der Waals surface area (Å²) in [5.74, 6) is -0.203. The Bertz CT molecular complexity index is 2530. The smallest absolute Gasteiger partial charge is 0.338 e. The fourth-order valence-electron chi connectivity index (χ4n) is 5.59. The number of esters is 1. The van der Waals surface area contributed by atoms with Crippen molar-refractivity contribution in [3.05, 3.63) is 159 Å². The Balaban J connectivity index is 1.31. The van der Waals surface area contributed by atoms with Crippen molar-refractivity contribution in [1.29, 1.82) is 0 Å². The Hall–Kier alpha value is -5.34. The first-order valence-electron chi connectivity index (χ1n) is 15.4. The molecule has 0 unspecified atom stereocenters. The highest BCUT2D eigenvalue weighted by molar-refractivity contribution is 7.99. The van der Waals surface area contributed by atoms with E-state index in [1.165, 1.54) is 10.6 Å². The number of aromatic nitrogens is 4. The van der Waals surface area contributed by atoms with Gasteiger partial charge in [0.05, 0.1) is 43.3 Å². The first-order valence-corrected chi connectivity index (χ1v) is 17.8. The number of nitro groups is 1. The molecule has 51 heavy (non-hydrogen) atoms. The Kier molecular flexibility index (Phi) is 9.69. The highest BCUT2D eigenvalue weighted by atomic mass is 35.5. The van der Waals surface area contributed by atoms with Crippen LogP contribution in [0, 0.1) is 10.1 Å². The minimum Gasteiger partial charge on any atom is -0.463 e. The molecule has 15 heteroatoms. The van der Waals surface area contributed by atoms with Crippen LogP contribution in [0.1, 0.15) is 29.7 Å². The summed E-state index contributed by atoms with van der Waals surface area (Å²) in [5, 5.41) is 20.3. The Labute approximate surface area is 307 Å². The van der Waals surface area contributed by atoms with Crippen LogP contribution in [0.3, 0.4) is 0 Å². The van der Waals surface area contributed by atoms with Gasteiger partial charge in [0, 0.05) is 22.2 Å². The molecule has 3 heterocycles. The van der Waals surface area contributed by atoms with Crippen molar-refractivity contribution >= 4 is 69.7 Å². The van der Waals surface area contributed by atoms with E-state index in [0.29, 0.717) is 53.5 Å². The highest BCUT2D eigenvalue weighted by Gasteiger charge is 2.35. The molecule has 0 fully saturated rings. The molecule has 1 N–H and O–H groups in total. The van der Waals surface area contributed by atoms with E-state index in [1.54, 1.807) is 43.3 Å². The van der Waals surface area contributed by atoms with Gasteiger partial charge in [-0.1, -0.05) is 101 Å². The standard InChI is InChI=1S/C36H24Cl2N6O5S2/c1-2-49-34(46)29-30(21-9-5-3-6-10-21)39-36-43(31(29)22-11-7-4-8-12-22)33(45)28(51-36)18-20-13-16-27(26(17-20)44(47)48)50-35-40-32(41-42-35)24-15-14-23(37)19-25(24)38/h3-19,31H,2H2,1H3,(H,40,41,42)/b28-18+/t31-/m1/s1. The molecule has 11 nitrogen and oxygen atoms in total. The van der Waals surface area contributed by atoms with E-state index in [4.69, 9.17) is 32.9 Å². The molecule has 7 rings (SSSR count). The summed E-state index contributed by atoms with van der Waals surface area (Å²) in [6.07, 6.45) is 1.58. The van der Waals surface area contributed by atoms with E-state index in [9.17, 15) is 19.7 Å². The molecule has 0 spiro atoms. The average molecular weight is 756 g/mol. The van der Waals surface area contributed by atoms with Gasteiger partial charge in [-0.3, -0.25) is 24.6 Å². The van der Waals surface area contributed by atoms with Gasteiger partial charge in [0.25, 0.3) is 11.2 Å². The van der Waals surface area contributed by atoms with Gasteiger partial charge in [0.1, 0.15) is 0 Å². The molecule has 1 aliphatic rings. The van der Waals surface area contributed by atoms with Gasteiger partial charge in [-0.2, -0.15) is 0 Å². The zero-order chi connectivity index (χ0) is 35.6. The predicted molar refractivity (Wildman–Crippen MR) is 197 cm³/mol. The number of carbonyl (C=O) groups excluding carboxylic acids is 1. The minimum atomic E-state index is -0.832. The predicted octanol–water partition coefficient (Wildman–Crippen LogP) is 7.09. The van der Waals surface area contributed by atoms with Crippen molar-refractivity contribution in [2.24, 2.45) is 4.99 Å². The zero-order valence-electron chi connectivity index (χ0n) is 26.4. The number of benzene rings is 4. The molecule has 0 saturated carbocycles. The van der Waals surface area contributed by atoms with Gasteiger partial charge in [0.15, 0.2) is 10.6 Å². The minimum absolute atomic E-state index is 0.136. The van der Waals surface area contributed by atoms with Crippen LogP contribution in [-0.4, -0.2) is 37.2 Å². The molecule has 0 aliphatic carbocycles. The summed E-state index contributed by atoms with van der Waals surface area (Å²) in [5.41, 5.74) is 2.42. The molecule has 0 amide bonds. The molecular formula is C36H24Cl2N6O5S2. The lowest BCUT2D eigenvalue weighted by Gasteiger charge is -2.25. The second kappa shape index (κ2) is 14.5. The Morgan fingerprint density at radius 2 is 1.80 bits per heavy atom. The summed E-state index contributed by atoms with van der Waals surface area (Å²) >= 11 is 14.5. The monoisotopic (exact) mass is 754 g/mol. The molecule has 6 aromatic rings. The van der Waals surface area contributed by atoms with Crippen LogP contribution < -0.4 is 14.9 Å². The van der Waals surface area contributed by atoms with Gasteiger partial charge < -0.3 is 4.74 Å². The number of hydrogen-bond acceptors (Lipinski definition) is 10. The van der Waals surface area contributed by atoms with E-state index < -0.39 is 22.5 Å². The van der Waals surface area contributed by atoms with Gasteiger partial charge in [0.2, 0.25) is 5.16 Å². The zero-order valence-corrected chi connectivity index (χ0v) is 29.6. The molecule has 4 aromatic carbocycles. The number of nitrogens with zero attached hydrogens (tertiary/aromatic N) is 5. The van der Waals surface area contributed by atoms with Crippen molar-refractivity contribution in [3.8, 4) is 11.4 Å². The number of nitro benzene ring substituents is 1. The second-order valence-electron chi connectivity index (χ2n) is 11.0. The molecule has 254 valence electrons. The fourth-order valence-corrected chi connectivity index (χ4v) is 7.89. The Morgan fingerprint density at radius 1 is 1.06 bits per heavy atom. The number of fused-ring (bicyclic) bond motifs is 1. The first kappa shape index (κ1) is 34.1. The average Bonchev–Trinajstić information content (AvgIpc) is 3.72. The first-order chi connectivity index (χ1) is 24.7. The van der Waals surface area contributed by atoms with Crippen molar-refractivity contribution in [2.75, 3.05) is 6.61 Å². The molecule has 1 atom stereocenters. The maximum Gasteiger partial charge on any atom is 0.338 e. The maximum absolute atomic E-state index is 14.2. The van der Waals surface area contributed by atoms with Gasteiger partial charge in [-0.25, -0.2) is 14.8 Å². The van der Waals surface area contributed by atoms with Crippen LogP contribution in [0.25, 0.3) is 23.2 Å². The molecular weight excluding hydrogens is 731 g/mol. The van der Waals surface area contributed by atoms with E-state index in [1.807, 2.05) is 60.7 Å². The van der Waals surface area contributed by atoms with Crippen LogP contribution in [0.2, 0.25) is 10.0 Å². The number of H-pyrrole nitrogens is 1. The van der Waals surface area contributed by atoms with Gasteiger partial charge >= 0.3 is 5.97 Å². The van der Waals surface area contributed by atoms with Crippen molar-refractivity contribution in [3.63, 3.8) is 0 Å². The third kappa shape index (κ3) is 6.88. The summed E-state index contributed by atoms with van der Waals surface area (Å²) in [6.45, 7) is 1.85. The van der Waals surface area contributed by atoms with E-state index in [-0.39, 0.29) is 27.6 Å². The number of carbonyl (C=O) groups is 1. The number of rotatable bonds is 9. The molecule has 0 saturated heterocycles. The molecule has 2 aromatic heterocycles. The largest absolute Gasteiger partial charge is 0.463 e. The van der Waals surface area contributed by atoms with Crippen molar-refractivity contribution in [2.45, 2.75) is 23.0 Å². The molecule has 0 bridgehead atoms. The van der Waals surface area contributed by atoms with Gasteiger partial charge in [-0.15, -0.1) is 5.10 Å². The summed E-state index contributed by atoms with van der Waals surface area (Å²) in [4.78, 5) is 49.5. The van der Waals surface area contributed by atoms with E-state index in [2.05, 4.69) is 15.2 Å². The number of hydrogen-bond donors (Lipinski definition) is 1. The third-order valence-corrected chi connectivity index (χ3v) is 10.3. The maximum atomic E-state index is 14.2. The van der Waals surface area contributed by atoms with Crippen molar-refractivity contribution in [1.82, 2.24) is 19.7 Å². The van der Waals surface area contributed by atoms with Gasteiger partial charge in [-0.05, 0) is 60.2 Å². The summed E-state index contributed by atoms with van der Waals surface area (Å²) in [6, 6.07) is 27.2. The van der Waals surface area contributed by atoms with Crippen LogP contribution >= 0.6 is 46.3 Å². The number of ether oxygens (including phenoxy) is 1. The quantitative estimate of drug-likeness (QED) is 0.0936. The topological polar surface area (TPSA) is 145 Å². The Morgan fingerprint density at radius 3 is 2.51 bits per heavy atom. The van der Waals surface area contributed by atoms with Crippen LogP contribution in [0.5, 0.6) is 0 Å². The van der Waals surface area contributed by atoms with Crippen molar-refractivity contribution < 1.29 is 14.5 Å². The van der Waals surface area contributed by atoms with Crippen LogP contribution in [-0.2, 0) is 9.53 Å². The summed E-state index contributed by atoms with van der Waals surface area (Å²) < 4.78 is 7.26. The number of nitrogens with one attached hydrogen (secondary N) is 1. The fraction of sp³-hybridized carbons (Fsp3) is 0.0833. The third-order valence-electron chi connectivity index (χ3n) is 7.82. The lowest BCUT2D eigenvalue weighted by molar-refractivity contribution is -0.387. The second-order valence-corrected chi connectivity index (χ2v) is 13.9. The highest BCUT2D eigenvalue weighted by Crippen LogP contribution is 2.37. The number of aromatic amines is 1. The molecule has 1 aliphatic heterocycles. The van der Waals surface area contributed by atoms with Crippen LogP contribution in [0.4, 0.5) is 5.69 Å². The lowest BCUT2D eigenvalue weighted by Crippen LogP contribution is -2.39.